The van der Waals surface area contributed by atoms with Crippen molar-refractivity contribution in [1.82, 2.24) is 5.32 Å². The number of methoxy groups -OCH3 is 1. The van der Waals surface area contributed by atoms with Gasteiger partial charge in [-0.25, -0.2) is 0 Å². The summed E-state index contributed by atoms with van der Waals surface area (Å²) in [5, 5.41) is 3.50. The molecular weight excluding hydrogens is 200 g/mol. The van der Waals surface area contributed by atoms with Gasteiger partial charge in [-0.15, -0.1) is 0 Å². The first-order valence-corrected chi connectivity index (χ1v) is 5.92. The zero-order valence-electron chi connectivity index (χ0n) is 10.1. The number of para-hydroxylation sites is 2. The number of nitrogens with zero attached hydrogens (tertiary/aromatic N) is 1. The number of benzene rings is 1. The van der Waals surface area contributed by atoms with E-state index in [0.29, 0.717) is 6.04 Å². The number of ether oxygens (including phenoxy) is 1. The second-order valence-electron chi connectivity index (χ2n) is 4.30. The highest BCUT2D eigenvalue weighted by molar-refractivity contribution is 5.58. The van der Waals surface area contributed by atoms with E-state index in [4.69, 9.17) is 4.74 Å². The lowest BCUT2D eigenvalue weighted by Crippen LogP contribution is -2.29. The molecule has 0 bridgehead atoms. The summed E-state index contributed by atoms with van der Waals surface area (Å²) in [6.07, 6.45) is 1.18. The first-order chi connectivity index (χ1) is 7.81. The van der Waals surface area contributed by atoms with E-state index in [9.17, 15) is 0 Å². The highest BCUT2D eigenvalue weighted by Gasteiger charge is 2.15. The molecule has 1 N–H and O–H groups in total. The van der Waals surface area contributed by atoms with Gasteiger partial charge in [-0.05, 0) is 25.5 Å². The average molecular weight is 220 g/mol. The molecule has 1 heterocycles. The van der Waals surface area contributed by atoms with E-state index < -0.39 is 0 Å². The fraction of sp³-hybridized carbons (Fsp3) is 0.538. The summed E-state index contributed by atoms with van der Waals surface area (Å²) >= 11 is 0. The van der Waals surface area contributed by atoms with E-state index in [1.807, 2.05) is 12.1 Å². The van der Waals surface area contributed by atoms with Crippen LogP contribution in [0.5, 0.6) is 5.75 Å². The fourth-order valence-corrected chi connectivity index (χ4v) is 2.14. The van der Waals surface area contributed by atoms with Gasteiger partial charge in [0, 0.05) is 25.7 Å². The number of hydrogen-bond acceptors (Lipinski definition) is 3. The maximum absolute atomic E-state index is 5.40. The molecule has 1 aromatic carbocycles. The molecule has 0 aliphatic carbocycles. The van der Waals surface area contributed by atoms with Crippen LogP contribution >= 0.6 is 0 Å². The summed E-state index contributed by atoms with van der Waals surface area (Å²) in [6.45, 7) is 5.42. The van der Waals surface area contributed by atoms with Gasteiger partial charge in [0.05, 0.1) is 12.8 Å². The van der Waals surface area contributed by atoms with Crippen LogP contribution in [-0.2, 0) is 0 Å². The monoisotopic (exact) mass is 220 g/mol. The molecule has 1 fully saturated rings. The average Bonchev–Trinajstić information content (AvgIpc) is 2.54. The molecule has 1 aliphatic heterocycles. The van der Waals surface area contributed by atoms with Crippen LogP contribution in [0.3, 0.4) is 0 Å². The number of anilines is 1. The molecule has 0 unspecified atom stereocenters. The minimum absolute atomic E-state index is 0.611. The minimum Gasteiger partial charge on any atom is -0.495 e. The third kappa shape index (κ3) is 2.47. The lowest BCUT2D eigenvalue weighted by Gasteiger charge is -2.24. The number of hydrogen-bond donors (Lipinski definition) is 1. The van der Waals surface area contributed by atoms with Gasteiger partial charge in [0.15, 0.2) is 0 Å². The zero-order valence-corrected chi connectivity index (χ0v) is 10.1. The Bertz CT molecular complexity index is 340. The van der Waals surface area contributed by atoms with Crippen LogP contribution in [0.2, 0.25) is 0 Å². The Morgan fingerprint density at radius 1 is 1.31 bits per heavy atom. The lowest BCUT2D eigenvalue weighted by atomic mass is 10.2. The standard InChI is InChI=1S/C13H20N2O/c1-11-7-9-15(10-8-14-11)12-5-3-4-6-13(12)16-2/h3-6,11,14H,7-10H2,1-2H3/t11-/m0/s1. The third-order valence-corrected chi connectivity index (χ3v) is 3.13. The van der Waals surface area contributed by atoms with Crippen LogP contribution in [0, 0.1) is 0 Å². The van der Waals surface area contributed by atoms with E-state index in [0.717, 1.165) is 25.4 Å². The Labute approximate surface area is 97.4 Å². The van der Waals surface area contributed by atoms with Gasteiger partial charge in [0.1, 0.15) is 5.75 Å². The van der Waals surface area contributed by atoms with Gasteiger partial charge in [-0.3, -0.25) is 0 Å². The van der Waals surface area contributed by atoms with E-state index in [1.165, 1.54) is 12.1 Å². The van der Waals surface area contributed by atoms with Gasteiger partial charge in [-0.2, -0.15) is 0 Å². The van der Waals surface area contributed by atoms with Crippen LogP contribution in [-0.4, -0.2) is 32.8 Å². The Hall–Kier alpha value is -1.22. The molecule has 2 rings (SSSR count). The summed E-state index contributed by atoms with van der Waals surface area (Å²) in [5.74, 6) is 0.969. The summed E-state index contributed by atoms with van der Waals surface area (Å²) in [5.41, 5.74) is 1.21. The van der Waals surface area contributed by atoms with Crippen molar-refractivity contribution >= 4 is 5.69 Å². The molecule has 88 valence electrons. The second kappa shape index (κ2) is 5.21. The molecule has 0 amide bonds. The molecule has 1 saturated heterocycles. The summed E-state index contributed by atoms with van der Waals surface area (Å²) in [7, 11) is 1.73. The number of rotatable bonds is 2. The van der Waals surface area contributed by atoms with E-state index in [2.05, 4.69) is 29.3 Å². The van der Waals surface area contributed by atoms with Gasteiger partial charge in [0.2, 0.25) is 0 Å². The highest BCUT2D eigenvalue weighted by Crippen LogP contribution is 2.28. The predicted octanol–water partition coefficient (Wildman–Crippen LogP) is 1.88. The van der Waals surface area contributed by atoms with Crippen molar-refractivity contribution in [2.75, 3.05) is 31.6 Å². The van der Waals surface area contributed by atoms with Crippen molar-refractivity contribution in [3.63, 3.8) is 0 Å². The maximum Gasteiger partial charge on any atom is 0.142 e. The molecule has 0 spiro atoms. The van der Waals surface area contributed by atoms with Crippen molar-refractivity contribution in [3.8, 4) is 5.75 Å². The van der Waals surface area contributed by atoms with Crippen LogP contribution in [0.1, 0.15) is 13.3 Å². The largest absolute Gasteiger partial charge is 0.495 e. The molecule has 1 atom stereocenters. The molecule has 0 aromatic heterocycles. The molecule has 1 aromatic rings. The summed E-state index contributed by atoms with van der Waals surface area (Å²) in [6, 6.07) is 8.85. The first-order valence-electron chi connectivity index (χ1n) is 5.92. The lowest BCUT2D eigenvalue weighted by molar-refractivity contribution is 0.414. The van der Waals surface area contributed by atoms with Crippen LogP contribution in [0.4, 0.5) is 5.69 Å². The van der Waals surface area contributed by atoms with E-state index in [1.54, 1.807) is 7.11 Å². The van der Waals surface area contributed by atoms with Crippen molar-refractivity contribution in [2.45, 2.75) is 19.4 Å². The van der Waals surface area contributed by atoms with Crippen LogP contribution < -0.4 is 15.0 Å². The minimum atomic E-state index is 0.611. The Kier molecular flexibility index (Phi) is 3.67. The molecule has 0 radical (unpaired) electrons. The Balaban J connectivity index is 2.16. The van der Waals surface area contributed by atoms with Crippen molar-refractivity contribution < 1.29 is 4.74 Å². The van der Waals surface area contributed by atoms with Gasteiger partial charge in [-0.1, -0.05) is 12.1 Å². The Morgan fingerprint density at radius 3 is 2.94 bits per heavy atom. The second-order valence-corrected chi connectivity index (χ2v) is 4.30. The molecule has 16 heavy (non-hydrogen) atoms. The normalized spacial score (nSPS) is 21.6. The zero-order chi connectivity index (χ0) is 11.4. The topological polar surface area (TPSA) is 24.5 Å². The maximum atomic E-state index is 5.40. The fourth-order valence-electron chi connectivity index (χ4n) is 2.14. The molecule has 3 nitrogen and oxygen atoms in total. The highest BCUT2D eigenvalue weighted by atomic mass is 16.5. The van der Waals surface area contributed by atoms with E-state index in [-0.39, 0.29) is 0 Å². The van der Waals surface area contributed by atoms with E-state index >= 15 is 0 Å². The number of nitrogens with one attached hydrogen (secondary N) is 1. The van der Waals surface area contributed by atoms with Crippen LogP contribution in [0.25, 0.3) is 0 Å². The molecule has 0 saturated carbocycles. The van der Waals surface area contributed by atoms with Crippen LogP contribution in [0.15, 0.2) is 24.3 Å². The SMILES string of the molecule is COc1ccccc1N1CCN[C@@H](C)CC1. The first kappa shape index (κ1) is 11.3. The smallest absolute Gasteiger partial charge is 0.142 e. The molecule has 3 heteroatoms. The van der Waals surface area contributed by atoms with Crippen molar-refractivity contribution in [3.05, 3.63) is 24.3 Å². The predicted molar refractivity (Wildman–Crippen MR) is 67.3 cm³/mol. The van der Waals surface area contributed by atoms with Gasteiger partial charge < -0.3 is 15.0 Å². The third-order valence-electron chi connectivity index (χ3n) is 3.13. The van der Waals surface area contributed by atoms with Gasteiger partial charge in [0.25, 0.3) is 0 Å². The van der Waals surface area contributed by atoms with Crippen molar-refractivity contribution in [2.24, 2.45) is 0 Å². The quantitative estimate of drug-likeness (QED) is 0.823. The summed E-state index contributed by atoms with van der Waals surface area (Å²) < 4.78 is 5.40. The van der Waals surface area contributed by atoms with Crippen molar-refractivity contribution in [1.29, 1.82) is 0 Å². The Morgan fingerprint density at radius 2 is 2.12 bits per heavy atom. The molecule has 1 aliphatic rings. The summed E-state index contributed by atoms with van der Waals surface area (Å²) in [4.78, 5) is 2.40. The molecular formula is C13H20N2O. The van der Waals surface area contributed by atoms with Gasteiger partial charge >= 0.3 is 0 Å².